The molecule has 174 valence electrons. The van der Waals surface area contributed by atoms with E-state index in [0.717, 1.165) is 41.4 Å². The van der Waals surface area contributed by atoms with Crippen LogP contribution in [0.3, 0.4) is 0 Å². The third-order valence-corrected chi connectivity index (χ3v) is 12.0. The molecule has 0 saturated heterocycles. The minimum Gasteiger partial charge on any atom is -0.0765 e. The highest BCUT2D eigenvalue weighted by Crippen LogP contribution is 2.68. The second-order valence-electron chi connectivity index (χ2n) is 12.8. The zero-order valence-corrected chi connectivity index (χ0v) is 23.4. The Morgan fingerprint density at radius 2 is 1.57 bits per heavy atom. The van der Waals surface area contributed by atoms with Crippen LogP contribution < -0.4 is 0 Å². The number of hydrogen-bond donors (Lipinski definition) is 0. The van der Waals surface area contributed by atoms with Gasteiger partial charge in [0.1, 0.15) is 0 Å². The summed E-state index contributed by atoms with van der Waals surface area (Å²) in [5.41, 5.74) is 1.35. The molecule has 4 aliphatic rings. The van der Waals surface area contributed by atoms with Crippen LogP contribution in [0.4, 0.5) is 0 Å². The SMILES string of the molecule is CC(CCC[C@@H](C)[C@H]1CC[C@H]2[C@@H]3CCC4CCCC[C@]4(C)[C@H]3CC[C@]12C)CC(Br)Br. The molecule has 4 rings (SSSR count). The quantitative estimate of drug-likeness (QED) is 0.280. The molecule has 4 fully saturated rings. The second kappa shape index (κ2) is 9.68. The lowest BCUT2D eigenvalue weighted by Gasteiger charge is -2.61. The van der Waals surface area contributed by atoms with Crippen molar-refractivity contribution < 1.29 is 0 Å². The van der Waals surface area contributed by atoms with E-state index >= 15 is 0 Å². The first-order valence-corrected chi connectivity index (χ1v) is 15.4. The van der Waals surface area contributed by atoms with Gasteiger partial charge in [0.25, 0.3) is 0 Å². The number of alkyl halides is 2. The summed E-state index contributed by atoms with van der Waals surface area (Å²) in [5, 5.41) is 0. The van der Waals surface area contributed by atoms with E-state index < -0.39 is 0 Å². The van der Waals surface area contributed by atoms with Crippen molar-refractivity contribution in [3.8, 4) is 0 Å². The van der Waals surface area contributed by atoms with Crippen molar-refractivity contribution in [2.24, 2.45) is 52.3 Å². The highest BCUT2D eigenvalue weighted by atomic mass is 79.9. The third kappa shape index (κ3) is 4.50. The van der Waals surface area contributed by atoms with Gasteiger partial charge in [0.15, 0.2) is 0 Å². The van der Waals surface area contributed by atoms with Crippen molar-refractivity contribution in [2.75, 3.05) is 0 Å². The molecule has 0 aromatic carbocycles. The molecule has 9 atom stereocenters. The van der Waals surface area contributed by atoms with Crippen molar-refractivity contribution in [2.45, 2.75) is 121 Å². The van der Waals surface area contributed by atoms with E-state index in [-0.39, 0.29) is 0 Å². The molecule has 0 spiro atoms. The average Bonchev–Trinajstić information content (AvgIpc) is 3.04. The zero-order valence-electron chi connectivity index (χ0n) is 20.3. The summed E-state index contributed by atoms with van der Waals surface area (Å²) >= 11 is 7.33. The summed E-state index contributed by atoms with van der Waals surface area (Å²) in [6.07, 6.45) is 21.0. The summed E-state index contributed by atoms with van der Waals surface area (Å²) in [5.74, 6) is 6.99. The van der Waals surface area contributed by atoms with E-state index in [1.54, 1.807) is 44.9 Å². The van der Waals surface area contributed by atoms with Crippen molar-refractivity contribution in [3.63, 3.8) is 0 Å². The van der Waals surface area contributed by atoms with Crippen molar-refractivity contribution in [1.82, 2.24) is 0 Å². The Labute approximate surface area is 204 Å². The van der Waals surface area contributed by atoms with E-state index in [0.29, 0.717) is 14.6 Å². The third-order valence-electron chi connectivity index (χ3n) is 11.3. The van der Waals surface area contributed by atoms with Gasteiger partial charge in [-0.1, -0.05) is 91.7 Å². The highest BCUT2D eigenvalue weighted by Gasteiger charge is 2.59. The molecule has 2 unspecified atom stereocenters. The van der Waals surface area contributed by atoms with Crippen LogP contribution in [0, 0.1) is 52.3 Å². The number of fused-ring (bicyclic) bond motifs is 5. The lowest BCUT2D eigenvalue weighted by molar-refractivity contribution is -0.114. The monoisotopic (exact) mass is 542 g/mol. The van der Waals surface area contributed by atoms with Gasteiger partial charge in [-0.25, -0.2) is 0 Å². The number of halogens is 2. The fourth-order valence-electron chi connectivity index (χ4n) is 9.68. The zero-order chi connectivity index (χ0) is 21.5. The van der Waals surface area contributed by atoms with Crippen LogP contribution in [0.2, 0.25) is 0 Å². The van der Waals surface area contributed by atoms with E-state index in [4.69, 9.17) is 0 Å². The van der Waals surface area contributed by atoms with Crippen LogP contribution >= 0.6 is 31.9 Å². The van der Waals surface area contributed by atoms with Crippen LogP contribution in [-0.2, 0) is 0 Å². The molecular formula is C28H48Br2. The Balaban J connectivity index is 1.37. The Bertz CT molecular complexity index is 573. The maximum Gasteiger partial charge on any atom is 0.0700 e. The van der Waals surface area contributed by atoms with Crippen LogP contribution in [-0.4, -0.2) is 3.74 Å². The molecule has 0 amide bonds. The Kier molecular flexibility index (Phi) is 7.77. The van der Waals surface area contributed by atoms with E-state index in [1.165, 1.54) is 44.9 Å². The highest BCUT2D eigenvalue weighted by molar-refractivity contribution is 9.24. The van der Waals surface area contributed by atoms with Crippen LogP contribution in [0.25, 0.3) is 0 Å². The Hall–Kier alpha value is 0.960. The van der Waals surface area contributed by atoms with Gasteiger partial charge in [-0.15, -0.1) is 0 Å². The van der Waals surface area contributed by atoms with E-state index in [2.05, 4.69) is 59.6 Å². The minimum atomic E-state index is 0.489. The number of hydrogen-bond acceptors (Lipinski definition) is 0. The standard InChI is InChI=1S/C28H48Br2/c1-19(18-26(29)30)8-7-9-20(2)23-13-14-24-22-12-11-21-10-5-6-16-27(21,3)25(22)15-17-28(23,24)4/h19-26H,5-18H2,1-4H3/t19?,20-,21?,22+,23-,24+,25+,27+,28-/m1/s1. The van der Waals surface area contributed by atoms with Gasteiger partial charge in [0.2, 0.25) is 0 Å². The Morgan fingerprint density at radius 1 is 0.800 bits per heavy atom. The van der Waals surface area contributed by atoms with E-state index in [9.17, 15) is 0 Å². The van der Waals surface area contributed by atoms with Crippen LogP contribution in [0.1, 0.15) is 118 Å². The lowest BCUT2D eigenvalue weighted by Crippen LogP contribution is -2.53. The molecule has 0 N–H and O–H groups in total. The van der Waals surface area contributed by atoms with Crippen LogP contribution in [0.5, 0.6) is 0 Å². The second-order valence-corrected chi connectivity index (χ2v) is 16.2. The van der Waals surface area contributed by atoms with E-state index in [1.807, 2.05) is 0 Å². The molecule has 0 aromatic rings. The molecule has 4 saturated carbocycles. The Morgan fingerprint density at radius 3 is 2.33 bits per heavy atom. The maximum atomic E-state index is 3.66. The normalized spacial score (nSPS) is 45.5. The molecule has 4 aliphatic carbocycles. The molecule has 0 bridgehead atoms. The van der Waals surface area contributed by atoms with Crippen molar-refractivity contribution in [1.29, 1.82) is 0 Å². The first-order chi connectivity index (χ1) is 14.3. The molecular weight excluding hydrogens is 496 g/mol. The summed E-state index contributed by atoms with van der Waals surface area (Å²) < 4.78 is 0.489. The molecule has 0 nitrogen and oxygen atoms in total. The van der Waals surface area contributed by atoms with Crippen molar-refractivity contribution >= 4 is 31.9 Å². The first kappa shape index (κ1) is 24.1. The maximum absolute atomic E-state index is 3.66. The predicted molar refractivity (Wildman–Crippen MR) is 138 cm³/mol. The average molecular weight is 545 g/mol. The largest absolute Gasteiger partial charge is 0.0765 e. The van der Waals surface area contributed by atoms with Gasteiger partial charge in [0, 0.05) is 0 Å². The topological polar surface area (TPSA) is 0 Å². The summed E-state index contributed by atoms with van der Waals surface area (Å²) in [6.45, 7) is 10.5. The van der Waals surface area contributed by atoms with Gasteiger partial charge in [-0.2, -0.15) is 0 Å². The molecule has 0 heterocycles. The molecule has 2 heteroatoms. The summed E-state index contributed by atoms with van der Waals surface area (Å²) in [4.78, 5) is 0. The lowest BCUT2D eigenvalue weighted by atomic mass is 9.44. The van der Waals surface area contributed by atoms with Gasteiger partial charge in [-0.3, -0.25) is 0 Å². The van der Waals surface area contributed by atoms with Gasteiger partial charge < -0.3 is 0 Å². The van der Waals surface area contributed by atoms with Gasteiger partial charge in [0.05, 0.1) is 3.74 Å². The summed E-state index contributed by atoms with van der Waals surface area (Å²) in [7, 11) is 0. The van der Waals surface area contributed by atoms with Gasteiger partial charge in [-0.05, 0) is 110 Å². The molecule has 30 heavy (non-hydrogen) atoms. The minimum absolute atomic E-state index is 0.489. The van der Waals surface area contributed by atoms with Gasteiger partial charge >= 0.3 is 0 Å². The fraction of sp³-hybridized carbons (Fsp3) is 1.00. The predicted octanol–water partition coefficient (Wildman–Crippen LogP) is 9.98. The fourth-order valence-corrected chi connectivity index (χ4v) is 11.0. The van der Waals surface area contributed by atoms with Crippen molar-refractivity contribution in [3.05, 3.63) is 0 Å². The van der Waals surface area contributed by atoms with Crippen LogP contribution in [0.15, 0.2) is 0 Å². The smallest absolute Gasteiger partial charge is 0.0700 e. The summed E-state index contributed by atoms with van der Waals surface area (Å²) in [6, 6.07) is 0. The molecule has 0 radical (unpaired) electrons. The first-order valence-electron chi connectivity index (χ1n) is 13.5. The number of rotatable bonds is 7. The molecule has 0 aliphatic heterocycles. The molecule has 0 aromatic heterocycles.